The molecule has 2 aliphatic rings. The molecule has 2 bridgehead atoms. The van der Waals surface area contributed by atoms with Crippen molar-refractivity contribution in [3.8, 4) is 0 Å². The fourth-order valence-corrected chi connectivity index (χ4v) is 3.20. The lowest BCUT2D eigenvalue weighted by Gasteiger charge is -2.25. The van der Waals surface area contributed by atoms with Crippen LogP contribution in [-0.2, 0) is 33.9 Å². The molecule has 13 heteroatoms. The molecule has 2 heterocycles. The van der Waals surface area contributed by atoms with Gasteiger partial charge in [-0.2, -0.15) is 26.0 Å². The number of esters is 2. The maximum atomic E-state index is 13.3. The van der Waals surface area contributed by atoms with E-state index in [9.17, 15) is 35.6 Å². The highest BCUT2D eigenvalue weighted by Gasteiger charge is 2.65. The molecule has 0 saturated carbocycles. The standard InChI is InChI=1S/C13H14F4O8S/c1-23-10(18)8-6-2-3-7(25-6)9(8)11(19)24-5-4-12(14,15)13(16,17)26(20,21)22/h2-3,6-9H,4-5H2,1H3,(H,20,21,22). The average molecular weight is 406 g/mol. The molecule has 1 fully saturated rings. The van der Waals surface area contributed by atoms with Gasteiger partial charge in [-0.3, -0.25) is 14.1 Å². The van der Waals surface area contributed by atoms with Crippen molar-refractivity contribution in [2.45, 2.75) is 29.8 Å². The lowest BCUT2D eigenvalue weighted by molar-refractivity contribution is -0.177. The zero-order chi connectivity index (χ0) is 19.9. The van der Waals surface area contributed by atoms with Crippen molar-refractivity contribution in [3.63, 3.8) is 0 Å². The topological polar surface area (TPSA) is 116 Å². The normalized spacial score (nSPS) is 28.2. The van der Waals surface area contributed by atoms with Gasteiger partial charge in [0.2, 0.25) is 0 Å². The van der Waals surface area contributed by atoms with Crippen molar-refractivity contribution in [3.05, 3.63) is 12.2 Å². The second-order valence-electron chi connectivity index (χ2n) is 5.64. The van der Waals surface area contributed by atoms with Crippen LogP contribution in [0.25, 0.3) is 0 Å². The molecule has 0 spiro atoms. The third-order valence-electron chi connectivity index (χ3n) is 4.06. The predicted molar refractivity (Wildman–Crippen MR) is 73.8 cm³/mol. The van der Waals surface area contributed by atoms with Crippen LogP contribution >= 0.6 is 0 Å². The lowest BCUT2D eigenvalue weighted by atomic mass is 9.83. The molecular weight excluding hydrogens is 392 g/mol. The largest absolute Gasteiger partial charge is 0.469 e. The van der Waals surface area contributed by atoms with Gasteiger partial charge in [-0.25, -0.2) is 0 Å². The quantitative estimate of drug-likeness (QED) is 0.285. The number of carbonyl (C=O) groups excluding carboxylic acids is 2. The first-order valence-electron chi connectivity index (χ1n) is 7.14. The molecule has 26 heavy (non-hydrogen) atoms. The van der Waals surface area contributed by atoms with Gasteiger partial charge in [-0.1, -0.05) is 12.2 Å². The van der Waals surface area contributed by atoms with Gasteiger partial charge in [0.05, 0.1) is 32.3 Å². The summed E-state index contributed by atoms with van der Waals surface area (Å²) < 4.78 is 96.1. The minimum absolute atomic E-state index is 0.768. The van der Waals surface area contributed by atoms with Gasteiger partial charge in [-0.05, 0) is 0 Å². The molecule has 148 valence electrons. The summed E-state index contributed by atoms with van der Waals surface area (Å²) in [5.74, 6) is -9.45. The van der Waals surface area contributed by atoms with E-state index in [0.717, 1.165) is 7.11 Å². The third-order valence-corrected chi connectivity index (χ3v) is 5.00. The Bertz CT molecular complexity index is 720. The van der Waals surface area contributed by atoms with Crippen molar-refractivity contribution in [2.75, 3.05) is 13.7 Å². The molecule has 4 unspecified atom stereocenters. The summed E-state index contributed by atoms with van der Waals surface area (Å²) in [5.41, 5.74) is 0. The van der Waals surface area contributed by atoms with Crippen LogP contribution in [0.2, 0.25) is 0 Å². The zero-order valence-corrected chi connectivity index (χ0v) is 13.9. The van der Waals surface area contributed by atoms with Gasteiger partial charge in [0.15, 0.2) is 0 Å². The molecule has 0 aromatic carbocycles. The number of halogens is 4. The van der Waals surface area contributed by atoms with Crippen LogP contribution in [0.3, 0.4) is 0 Å². The minimum atomic E-state index is -6.37. The van der Waals surface area contributed by atoms with E-state index in [2.05, 4.69) is 9.47 Å². The third kappa shape index (κ3) is 3.42. The number of methoxy groups -OCH3 is 1. The molecule has 0 amide bonds. The number of hydrogen-bond acceptors (Lipinski definition) is 7. The Morgan fingerprint density at radius 2 is 1.62 bits per heavy atom. The number of rotatable bonds is 7. The highest BCUT2D eigenvalue weighted by molar-refractivity contribution is 7.87. The number of ether oxygens (including phenoxy) is 3. The Hall–Kier alpha value is -1.73. The summed E-state index contributed by atoms with van der Waals surface area (Å²) in [6.45, 7) is -1.28. The van der Waals surface area contributed by atoms with Crippen LogP contribution in [0.15, 0.2) is 12.2 Å². The fraction of sp³-hybridized carbons (Fsp3) is 0.692. The Morgan fingerprint density at radius 1 is 1.12 bits per heavy atom. The molecule has 2 aliphatic heterocycles. The maximum absolute atomic E-state index is 13.3. The monoisotopic (exact) mass is 406 g/mol. The Morgan fingerprint density at radius 3 is 2.08 bits per heavy atom. The van der Waals surface area contributed by atoms with Gasteiger partial charge >= 0.3 is 33.2 Å². The predicted octanol–water partition coefficient (Wildman–Crippen LogP) is 0.778. The summed E-state index contributed by atoms with van der Waals surface area (Å²) >= 11 is 0. The smallest absolute Gasteiger partial charge is 0.431 e. The average Bonchev–Trinajstić information content (AvgIpc) is 3.13. The summed E-state index contributed by atoms with van der Waals surface area (Å²) in [4.78, 5) is 23.8. The highest BCUT2D eigenvalue weighted by Crippen LogP contribution is 2.42. The summed E-state index contributed by atoms with van der Waals surface area (Å²) in [6, 6.07) is 0. The Kier molecular flexibility index (Phi) is 5.36. The van der Waals surface area contributed by atoms with E-state index in [1.807, 2.05) is 0 Å². The van der Waals surface area contributed by atoms with Crippen molar-refractivity contribution in [1.29, 1.82) is 0 Å². The molecule has 1 saturated heterocycles. The van der Waals surface area contributed by atoms with E-state index < -0.39 is 70.3 Å². The highest BCUT2D eigenvalue weighted by atomic mass is 32.2. The minimum Gasteiger partial charge on any atom is -0.469 e. The van der Waals surface area contributed by atoms with E-state index in [4.69, 9.17) is 9.29 Å². The SMILES string of the molecule is COC(=O)C1C2C=CC(O2)C1C(=O)OCCC(F)(F)C(F)(F)S(=O)(=O)O. The van der Waals surface area contributed by atoms with Gasteiger partial charge in [0.25, 0.3) is 0 Å². The summed E-state index contributed by atoms with van der Waals surface area (Å²) in [6.07, 6.45) is -0.536. The molecule has 1 N–H and O–H groups in total. The molecule has 4 atom stereocenters. The van der Waals surface area contributed by atoms with Gasteiger partial charge in [-0.15, -0.1) is 0 Å². The first-order valence-corrected chi connectivity index (χ1v) is 8.58. The first-order chi connectivity index (χ1) is 11.8. The van der Waals surface area contributed by atoms with Crippen molar-refractivity contribution in [2.24, 2.45) is 11.8 Å². The van der Waals surface area contributed by atoms with Gasteiger partial charge < -0.3 is 14.2 Å². The van der Waals surface area contributed by atoms with Crippen LogP contribution in [0.1, 0.15) is 6.42 Å². The van der Waals surface area contributed by atoms with Crippen LogP contribution in [0.5, 0.6) is 0 Å². The zero-order valence-electron chi connectivity index (χ0n) is 13.1. The van der Waals surface area contributed by atoms with E-state index in [0.29, 0.717) is 0 Å². The number of alkyl halides is 4. The lowest BCUT2D eigenvalue weighted by Crippen LogP contribution is -2.47. The van der Waals surface area contributed by atoms with E-state index in [-0.39, 0.29) is 0 Å². The number of carbonyl (C=O) groups is 2. The molecule has 2 rings (SSSR count). The second-order valence-corrected chi connectivity index (χ2v) is 7.10. The van der Waals surface area contributed by atoms with E-state index >= 15 is 0 Å². The van der Waals surface area contributed by atoms with Gasteiger partial charge in [0, 0.05) is 0 Å². The summed E-state index contributed by atoms with van der Waals surface area (Å²) in [5, 5.41) is -5.75. The number of hydrogen-bond donors (Lipinski definition) is 1. The van der Waals surface area contributed by atoms with E-state index in [1.165, 1.54) is 12.2 Å². The van der Waals surface area contributed by atoms with Crippen LogP contribution in [-0.4, -0.2) is 62.0 Å². The van der Waals surface area contributed by atoms with E-state index in [1.54, 1.807) is 0 Å². The fourth-order valence-electron chi connectivity index (χ4n) is 2.72. The van der Waals surface area contributed by atoms with Crippen LogP contribution in [0.4, 0.5) is 17.6 Å². The second kappa shape index (κ2) is 6.78. The van der Waals surface area contributed by atoms with Crippen molar-refractivity contribution < 1.29 is 54.3 Å². The molecule has 0 aromatic heterocycles. The molecule has 0 aromatic rings. The first kappa shape index (κ1) is 20.6. The van der Waals surface area contributed by atoms with Gasteiger partial charge in [0.1, 0.15) is 11.8 Å². The maximum Gasteiger partial charge on any atom is 0.431 e. The van der Waals surface area contributed by atoms with Crippen molar-refractivity contribution >= 4 is 22.1 Å². The van der Waals surface area contributed by atoms with Crippen LogP contribution < -0.4 is 0 Å². The molecule has 0 aliphatic carbocycles. The molecule has 0 radical (unpaired) electrons. The van der Waals surface area contributed by atoms with Crippen LogP contribution in [0, 0.1) is 11.8 Å². The molecular formula is C13H14F4O8S. The Labute approximate surface area is 144 Å². The molecule has 8 nitrogen and oxygen atoms in total. The summed E-state index contributed by atoms with van der Waals surface area (Å²) in [7, 11) is -5.30. The Balaban J connectivity index is 2.01. The number of fused-ring (bicyclic) bond motifs is 2. The van der Waals surface area contributed by atoms with Crippen molar-refractivity contribution in [1.82, 2.24) is 0 Å².